The van der Waals surface area contributed by atoms with E-state index in [4.69, 9.17) is 5.73 Å². The normalized spacial score (nSPS) is 20.9. The van der Waals surface area contributed by atoms with Crippen LogP contribution >= 0.6 is 0 Å². The fraction of sp³-hybridized carbons (Fsp3) is 0.562. The van der Waals surface area contributed by atoms with E-state index in [1.54, 1.807) is 0 Å². The second-order valence-corrected chi connectivity index (χ2v) is 6.43. The first-order chi connectivity index (χ1) is 9.48. The van der Waals surface area contributed by atoms with Crippen LogP contribution in [0.4, 0.5) is 10.5 Å². The van der Waals surface area contributed by atoms with E-state index in [-0.39, 0.29) is 17.6 Å². The van der Waals surface area contributed by atoms with E-state index in [2.05, 4.69) is 26.0 Å². The third kappa shape index (κ3) is 2.52. The van der Waals surface area contributed by atoms with Crippen LogP contribution in [0.5, 0.6) is 0 Å². The zero-order valence-electron chi connectivity index (χ0n) is 12.3. The van der Waals surface area contributed by atoms with Gasteiger partial charge in [0.05, 0.1) is 0 Å². The van der Waals surface area contributed by atoms with Crippen molar-refractivity contribution in [1.29, 1.82) is 0 Å². The summed E-state index contributed by atoms with van der Waals surface area (Å²) in [6.45, 7) is 5.70. The highest BCUT2D eigenvalue weighted by Crippen LogP contribution is 2.36. The quantitative estimate of drug-likeness (QED) is 0.915. The van der Waals surface area contributed by atoms with Gasteiger partial charge in [-0.25, -0.2) is 4.79 Å². The molecule has 1 aliphatic heterocycles. The van der Waals surface area contributed by atoms with Crippen molar-refractivity contribution >= 4 is 11.7 Å². The van der Waals surface area contributed by atoms with Gasteiger partial charge in [-0.3, -0.25) is 4.90 Å². The molecular weight excluding hydrogens is 250 g/mol. The summed E-state index contributed by atoms with van der Waals surface area (Å²) in [7, 11) is 0. The van der Waals surface area contributed by atoms with Gasteiger partial charge in [0, 0.05) is 30.4 Å². The Balaban J connectivity index is 1.70. The minimum absolute atomic E-state index is 0.0411. The topological polar surface area (TPSA) is 49.6 Å². The highest BCUT2D eigenvalue weighted by molar-refractivity contribution is 5.94. The molecule has 0 bridgehead atoms. The summed E-state index contributed by atoms with van der Waals surface area (Å²) in [6.07, 6.45) is 3.20. The number of rotatable bonds is 4. The number of hydrogen-bond donors (Lipinski definition) is 1. The van der Waals surface area contributed by atoms with Crippen molar-refractivity contribution in [3.8, 4) is 0 Å². The van der Waals surface area contributed by atoms with E-state index in [9.17, 15) is 4.79 Å². The highest BCUT2D eigenvalue weighted by atomic mass is 16.2. The summed E-state index contributed by atoms with van der Waals surface area (Å²) in [6, 6.07) is 8.68. The first-order valence-corrected chi connectivity index (χ1v) is 7.44. The predicted molar refractivity (Wildman–Crippen MR) is 80.9 cm³/mol. The van der Waals surface area contributed by atoms with Crippen LogP contribution in [-0.4, -0.2) is 35.6 Å². The van der Waals surface area contributed by atoms with Crippen LogP contribution in [0.25, 0.3) is 0 Å². The molecule has 20 heavy (non-hydrogen) atoms. The molecule has 1 aromatic carbocycles. The molecule has 2 N–H and O–H groups in total. The van der Waals surface area contributed by atoms with Crippen molar-refractivity contribution in [3.63, 3.8) is 0 Å². The van der Waals surface area contributed by atoms with Crippen LogP contribution in [-0.2, 0) is 6.42 Å². The van der Waals surface area contributed by atoms with E-state index in [0.717, 1.165) is 38.0 Å². The maximum Gasteiger partial charge on any atom is 0.324 e. The van der Waals surface area contributed by atoms with Gasteiger partial charge in [0.15, 0.2) is 0 Å². The number of carbonyl (C=O) groups excluding carboxylic acids is 1. The number of anilines is 1. The molecule has 4 nitrogen and oxygen atoms in total. The largest absolute Gasteiger partial charge is 0.325 e. The van der Waals surface area contributed by atoms with Crippen LogP contribution < -0.4 is 10.6 Å². The van der Waals surface area contributed by atoms with Gasteiger partial charge in [0.2, 0.25) is 0 Å². The van der Waals surface area contributed by atoms with Crippen molar-refractivity contribution < 1.29 is 4.79 Å². The lowest BCUT2D eigenvalue weighted by atomic mass is 10.0. The number of nitrogens with zero attached hydrogens (tertiary/aromatic N) is 2. The van der Waals surface area contributed by atoms with Crippen molar-refractivity contribution in [3.05, 3.63) is 29.8 Å². The number of hydrogen-bond acceptors (Lipinski definition) is 2. The number of urea groups is 1. The number of benzene rings is 1. The summed E-state index contributed by atoms with van der Waals surface area (Å²) < 4.78 is 0. The Bertz CT molecular complexity index is 505. The molecule has 1 heterocycles. The lowest BCUT2D eigenvalue weighted by Crippen LogP contribution is -2.36. The van der Waals surface area contributed by atoms with Gasteiger partial charge in [-0.15, -0.1) is 0 Å². The van der Waals surface area contributed by atoms with Crippen LogP contribution in [0.15, 0.2) is 24.3 Å². The van der Waals surface area contributed by atoms with E-state index in [1.165, 1.54) is 5.56 Å². The third-order valence-electron chi connectivity index (χ3n) is 4.36. The average molecular weight is 273 g/mol. The lowest BCUT2D eigenvalue weighted by molar-refractivity contribution is 0.209. The fourth-order valence-electron chi connectivity index (χ4n) is 2.81. The number of amides is 2. The van der Waals surface area contributed by atoms with Gasteiger partial charge in [-0.2, -0.15) is 0 Å². The van der Waals surface area contributed by atoms with Crippen LogP contribution in [0.3, 0.4) is 0 Å². The summed E-state index contributed by atoms with van der Waals surface area (Å²) in [5, 5.41) is 0. The molecule has 1 aromatic rings. The molecule has 108 valence electrons. The SMILES string of the molecule is CC(C)N1CCN(c2ccc(CC3(N)CC3)cc2)C1=O. The zero-order valence-corrected chi connectivity index (χ0v) is 12.3. The molecule has 0 radical (unpaired) electrons. The Morgan fingerprint density at radius 2 is 1.85 bits per heavy atom. The van der Waals surface area contributed by atoms with E-state index < -0.39 is 0 Å². The third-order valence-corrected chi connectivity index (χ3v) is 4.36. The Hall–Kier alpha value is -1.55. The van der Waals surface area contributed by atoms with Gasteiger partial charge in [-0.05, 0) is 50.8 Å². The molecule has 2 amide bonds. The van der Waals surface area contributed by atoms with Crippen molar-refractivity contribution in [1.82, 2.24) is 4.90 Å². The van der Waals surface area contributed by atoms with Gasteiger partial charge in [0.1, 0.15) is 0 Å². The molecule has 2 fully saturated rings. The summed E-state index contributed by atoms with van der Waals surface area (Å²) in [4.78, 5) is 16.1. The number of carbonyl (C=O) groups is 1. The van der Waals surface area contributed by atoms with E-state index in [1.807, 2.05) is 21.9 Å². The molecular formula is C16H23N3O. The van der Waals surface area contributed by atoms with Gasteiger partial charge >= 0.3 is 6.03 Å². The van der Waals surface area contributed by atoms with Crippen LogP contribution in [0, 0.1) is 0 Å². The maximum atomic E-state index is 12.3. The van der Waals surface area contributed by atoms with Crippen LogP contribution in [0.1, 0.15) is 32.3 Å². The van der Waals surface area contributed by atoms with Crippen LogP contribution in [0.2, 0.25) is 0 Å². The second-order valence-electron chi connectivity index (χ2n) is 6.43. The lowest BCUT2D eigenvalue weighted by Gasteiger charge is -2.22. The van der Waals surface area contributed by atoms with Gasteiger partial charge in [0.25, 0.3) is 0 Å². The zero-order chi connectivity index (χ0) is 14.3. The molecule has 0 spiro atoms. The average Bonchev–Trinajstić information content (AvgIpc) is 2.99. The Kier molecular flexibility index (Phi) is 3.21. The first kappa shape index (κ1) is 13.4. The monoisotopic (exact) mass is 273 g/mol. The molecule has 1 saturated heterocycles. The molecule has 1 aliphatic carbocycles. The minimum Gasteiger partial charge on any atom is -0.325 e. The summed E-state index contributed by atoms with van der Waals surface area (Å²) in [5.74, 6) is 0. The van der Waals surface area contributed by atoms with E-state index >= 15 is 0 Å². The Morgan fingerprint density at radius 1 is 1.20 bits per heavy atom. The summed E-state index contributed by atoms with van der Waals surface area (Å²) in [5.41, 5.74) is 8.44. The molecule has 2 aliphatic rings. The second kappa shape index (κ2) is 4.77. The Morgan fingerprint density at radius 3 is 2.35 bits per heavy atom. The highest BCUT2D eigenvalue weighted by Gasteiger charge is 2.38. The fourth-order valence-corrected chi connectivity index (χ4v) is 2.81. The first-order valence-electron chi connectivity index (χ1n) is 7.44. The standard InChI is InChI=1S/C16H23N3O/c1-12(2)18-9-10-19(15(18)20)14-5-3-13(4-6-14)11-16(17)7-8-16/h3-6,12H,7-11,17H2,1-2H3. The molecule has 3 rings (SSSR count). The van der Waals surface area contributed by atoms with Gasteiger partial charge < -0.3 is 10.6 Å². The maximum absolute atomic E-state index is 12.3. The van der Waals surface area contributed by atoms with E-state index in [0.29, 0.717) is 0 Å². The molecule has 0 aromatic heterocycles. The smallest absolute Gasteiger partial charge is 0.324 e. The summed E-state index contributed by atoms with van der Waals surface area (Å²) >= 11 is 0. The van der Waals surface area contributed by atoms with Gasteiger partial charge in [-0.1, -0.05) is 12.1 Å². The minimum atomic E-state index is 0.0411. The molecule has 0 unspecified atom stereocenters. The van der Waals surface area contributed by atoms with Crippen molar-refractivity contribution in [2.75, 3.05) is 18.0 Å². The predicted octanol–water partition coefficient (Wildman–Crippen LogP) is 2.37. The molecule has 1 saturated carbocycles. The van der Waals surface area contributed by atoms with Crippen molar-refractivity contribution in [2.45, 2.75) is 44.7 Å². The number of nitrogens with two attached hydrogens (primary N) is 1. The van der Waals surface area contributed by atoms with Crippen molar-refractivity contribution in [2.24, 2.45) is 5.73 Å². The molecule has 4 heteroatoms. The molecule has 0 atom stereocenters. The Labute approximate surface area is 120 Å².